The molecule has 0 atom stereocenters. The van der Waals surface area contributed by atoms with Crippen molar-refractivity contribution in [3.63, 3.8) is 0 Å². The largest absolute Gasteiger partial charge is 0.276 e. The summed E-state index contributed by atoms with van der Waals surface area (Å²) in [6, 6.07) is 23.4. The van der Waals surface area contributed by atoms with E-state index in [1.807, 2.05) is 61.5 Å². The number of aryl methyl sites for hydroxylation is 1. The maximum atomic E-state index is 12.6. The van der Waals surface area contributed by atoms with Gasteiger partial charge in [0.1, 0.15) is 11.2 Å². The third kappa shape index (κ3) is 4.97. The van der Waals surface area contributed by atoms with Crippen molar-refractivity contribution >= 4 is 26.8 Å². The van der Waals surface area contributed by atoms with Crippen LogP contribution in [0.25, 0.3) is 11.0 Å². The number of hydrogen-bond acceptors (Lipinski definition) is 5. The van der Waals surface area contributed by atoms with E-state index < -0.39 is 10.0 Å². The molecule has 0 aliphatic rings. The predicted octanol–water partition coefficient (Wildman–Crippen LogP) is 3.13. The summed E-state index contributed by atoms with van der Waals surface area (Å²) in [5, 5.41) is 12.4. The Bertz CT molecular complexity index is 1400. The van der Waals surface area contributed by atoms with Gasteiger partial charge in [0.25, 0.3) is 10.0 Å². The van der Waals surface area contributed by atoms with Crippen molar-refractivity contribution in [3.05, 3.63) is 90.0 Å². The van der Waals surface area contributed by atoms with Crippen LogP contribution in [0.3, 0.4) is 0 Å². The summed E-state index contributed by atoms with van der Waals surface area (Å²) in [5.74, 6) is 5.97. The zero-order valence-corrected chi connectivity index (χ0v) is 17.5. The second kappa shape index (κ2) is 8.81. The quantitative estimate of drug-likeness (QED) is 0.300. The van der Waals surface area contributed by atoms with E-state index in [0.29, 0.717) is 5.71 Å². The molecule has 0 bridgehead atoms. The first-order valence-electron chi connectivity index (χ1n) is 9.52. The number of sulfonamides is 1. The number of benzene rings is 3. The number of fused-ring (bicyclic) bond motifs is 1. The smallest absolute Gasteiger partial charge is 0.238 e. The molecule has 0 saturated heterocycles. The lowest BCUT2D eigenvalue weighted by Gasteiger charge is -2.06. The van der Waals surface area contributed by atoms with Crippen LogP contribution in [0.1, 0.15) is 11.1 Å². The molecule has 0 unspecified atom stereocenters. The lowest BCUT2D eigenvalue weighted by molar-refractivity contribution is 0.584. The van der Waals surface area contributed by atoms with Gasteiger partial charge in [-0.25, -0.2) is 4.68 Å². The summed E-state index contributed by atoms with van der Waals surface area (Å²) in [7, 11) is -3.83. The summed E-state index contributed by atoms with van der Waals surface area (Å²) in [5.41, 5.74) is 3.60. The molecule has 1 N–H and O–H groups in total. The molecule has 3 aromatic carbocycles. The van der Waals surface area contributed by atoms with Crippen molar-refractivity contribution in [1.82, 2.24) is 19.8 Å². The predicted molar refractivity (Wildman–Crippen MR) is 120 cm³/mol. The van der Waals surface area contributed by atoms with Gasteiger partial charge in [-0.1, -0.05) is 59.2 Å². The highest BCUT2D eigenvalue weighted by Gasteiger charge is 2.13. The summed E-state index contributed by atoms with van der Waals surface area (Å²) < 4.78 is 26.9. The summed E-state index contributed by atoms with van der Waals surface area (Å²) in [4.78, 5) is 2.42. The monoisotopic (exact) mass is 429 g/mol. The number of rotatable bonds is 5. The van der Waals surface area contributed by atoms with Crippen molar-refractivity contribution in [2.45, 2.75) is 18.4 Å². The molecule has 4 aromatic rings. The second-order valence-electron chi connectivity index (χ2n) is 6.82. The van der Waals surface area contributed by atoms with Crippen LogP contribution in [-0.4, -0.2) is 29.1 Å². The second-order valence-corrected chi connectivity index (χ2v) is 8.48. The highest BCUT2D eigenvalue weighted by molar-refractivity contribution is 7.89. The van der Waals surface area contributed by atoms with Crippen LogP contribution in [0.4, 0.5) is 0 Å². The number of para-hydroxylation sites is 1. The van der Waals surface area contributed by atoms with Crippen LogP contribution in [0.5, 0.6) is 0 Å². The molecule has 0 saturated carbocycles. The Kier molecular flexibility index (Phi) is 5.78. The van der Waals surface area contributed by atoms with Crippen molar-refractivity contribution in [2.75, 3.05) is 0 Å². The Balaban J connectivity index is 1.66. The Morgan fingerprint density at radius 3 is 2.48 bits per heavy atom. The Hall–Kier alpha value is -3.96. The van der Waals surface area contributed by atoms with Crippen molar-refractivity contribution in [2.24, 2.45) is 5.10 Å². The van der Waals surface area contributed by atoms with Gasteiger partial charge in [0.15, 0.2) is 0 Å². The van der Waals surface area contributed by atoms with E-state index in [1.54, 1.807) is 16.8 Å². The van der Waals surface area contributed by atoms with E-state index in [1.165, 1.54) is 12.1 Å². The van der Waals surface area contributed by atoms with Gasteiger partial charge in [-0.15, -0.1) is 5.10 Å². The molecule has 7 nitrogen and oxygen atoms in total. The molecule has 0 amide bonds. The van der Waals surface area contributed by atoms with E-state index in [0.717, 1.165) is 22.2 Å². The summed E-state index contributed by atoms with van der Waals surface area (Å²) >= 11 is 0. The fraction of sp³-hybridized carbons (Fsp3) is 0.0870. The lowest BCUT2D eigenvalue weighted by atomic mass is 10.2. The molecule has 0 radical (unpaired) electrons. The maximum absolute atomic E-state index is 12.6. The zero-order chi connectivity index (χ0) is 21.7. The molecule has 0 aliphatic heterocycles. The number of nitrogens with zero attached hydrogens (tertiary/aromatic N) is 4. The zero-order valence-electron chi connectivity index (χ0n) is 16.7. The minimum Gasteiger partial charge on any atom is -0.238 e. The van der Waals surface area contributed by atoms with Crippen LogP contribution in [0.2, 0.25) is 0 Å². The first-order chi connectivity index (χ1) is 15.0. The van der Waals surface area contributed by atoms with E-state index >= 15 is 0 Å². The number of hydrogen-bond donors (Lipinski definition) is 1. The molecular formula is C23H19N5O2S. The minimum absolute atomic E-state index is 0.128. The van der Waals surface area contributed by atoms with Crippen LogP contribution in [0, 0.1) is 18.8 Å². The van der Waals surface area contributed by atoms with Crippen molar-refractivity contribution in [1.29, 1.82) is 0 Å². The Morgan fingerprint density at radius 1 is 1.00 bits per heavy atom. The molecule has 0 aliphatic carbocycles. The highest BCUT2D eigenvalue weighted by atomic mass is 32.2. The lowest BCUT2D eigenvalue weighted by Crippen LogP contribution is -2.22. The SMILES string of the molecule is Cc1ccc(S(=O)(=O)N/N=C(\C#Cc2ccccc2)Cn2nnc3ccccc32)cc1. The number of nitrogens with one attached hydrogen (secondary N) is 1. The standard InChI is InChI=1S/C23H19N5O2S/c1-18-11-15-21(16-12-18)31(29,30)27-24-20(14-13-19-7-3-2-4-8-19)17-28-23-10-6-5-9-22(23)25-26-28/h2-12,15-16,27H,17H2,1H3/b24-20+. The maximum Gasteiger partial charge on any atom is 0.276 e. The van der Waals surface area contributed by atoms with Gasteiger partial charge in [0.2, 0.25) is 0 Å². The van der Waals surface area contributed by atoms with Gasteiger partial charge >= 0.3 is 0 Å². The molecule has 4 rings (SSSR count). The molecule has 1 aromatic heterocycles. The molecule has 8 heteroatoms. The van der Waals surface area contributed by atoms with Gasteiger partial charge in [-0.2, -0.15) is 18.4 Å². The van der Waals surface area contributed by atoms with Crippen LogP contribution < -0.4 is 4.83 Å². The third-order valence-corrected chi connectivity index (χ3v) is 5.70. The first-order valence-corrected chi connectivity index (χ1v) is 11.0. The van der Waals surface area contributed by atoms with Gasteiger partial charge < -0.3 is 0 Å². The average Bonchev–Trinajstić information content (AvgIpc) is 3.19. The van der Waals surface area contributed by atoms with E-state index in [9.17, 15) is 8.42 Å². The fourth-order valence-corrected chi connectivity index (χ4v) is 3.66. The van der Waals surface area contributed by atoms with Crippen LogP contribution in [-0.2, 0) is 16.6 Å². The highest BCUT2D eigenvalue weighted by Crippen LogP contribution is 2.11. The van der Waals surface area contributed by atoms with Crippen molar-refractivity contribution < 1.29 is 8.42 Å². The first kappa shape index (κ1) is 20.3. The third-order valence-electron chi connectivity index (χ3n) is 4.48. The fourth-order valence-electron chi connectivity index (χ4n) is 2.83. The summed E-state index contributed by atoms with van der Waals surface area (Å²) in [6.07, 6.45) is 0. The van der Waals surface area contributed by atoms with Gasteiger partial charge in [-0.3, -0.25) is 0 Å². The Morgan fingerprint density at radius 2 is 1.71 bits per heavy atom. The minimum atomic E-state index is -3.83. The van der Waals surface area contributed by atoms with Crippen molar-refractivity contribution in [3.8, 4) is 11.8 Å². The molecule has 0 fully saturated rings. The van der Waals surface area contributed by atoms with Gasteiger partial charge in [0, 0.05) is 5.56 Å². The number of aromatic nitrogens is 3. The van der Waals surface area contributed by atoms with Crippen LogP contribution in [0.15, 0.2) is 88.9 Å². The summed E-state index contributed by atoms with van der Waals surface area (Å²) in [6.45, 7) is 2.05. The molecule has 154 valence electrons. The normalized spacial score (nSPS) is 11.7. The van der Waals surface area contributed by atoms with Gasteiger partial charge in [0.05, 0.1) is 17.0 Å². The van der Waals surface area contributed by atoms with Gasteiger partial charge in [-0.05, 0) is 49.2 Å². The van der Waals surface area contributed by atoms with E-state index in [-0.39, 0.29) is 11.4 Å². The van der Waals surface area contributed by atoms with E-state index in [2.05, 4.69) is 32.1 Å². The van der Waals surface area contributed by atoms with E-state index in [4.69, 9.17) is 0 Å². The molecular weight excluding hydrogens is 410 g/mol. The number of hydrazone groups is 1. The van der Waals surface area contributed by atoms with Crippen LogP contribution >= 0.6 is 0 Å². The molecule has 1 heterocycles. The molecule has 0 spiro atoms. The topological polar surface area (TPSA) is 89.2 Å². The average molecular weight is 430 g/mol. The molecule has 31 heavy (non-hydrogen) atoms. The Labute approximate surface area is 180 Å².